The molecule has 1 aromatic heterocycles. The molecule has 0 saturated carbocycles. The van der Waals surface area contributed by atoms with Gasteiger partial charge < -0.3 is 4.42 Å². The van der Waals surface area contributed by atoms with Gasteiger partial charge in [0.2, 0.25) is 0 Å². The van der Waals surface area contributed by atoms with Gasteiger partial charge in [0.15, 0.2) is 5.17 Å². The number of thioether (sulfide) groups is 1. The second-order valence-electron chi connectivity index (χ2n) is 5.72. The predicted octanol–water partition coefficient (Wildman–Crippen LogP) is 5.08. The number of hydrogen-bond acceptors (Lipinski definition) is 4. The fraction of sp³-hybridized carbons (Fsp3) is 0.0476. The molecule has 0 spiro atoms. The standard InChI is InChI=1S/C21H16N2O2S/c24-20-19(14-16-8-3-1-4-9-16)26-21(22-17-10-5-2-6-11-17)23(20)15-18-12-7-13-25-18/h1-14H,15H2. The highest BCUT2D eigenvalue weighted by Crippen LogP contribution is 2.35. The molecule has 3 aromatic rings. The van der Waals surface area contributed by atoms with Crippen LogP contribution in [0, 0.1) is 0 Å². The lowest BCUT2D eigenvalue weighted by atomic mass is 10.2. The van der Waals surface area contributed by atoms with Crippen molar-refractivity contribution in [1.82, 2.24) is 4.90 Å². The van der Waals surface area contributed by atoms with Gasteiger partial charge in [-0.3, -0.25) is 9.69 Å². The van der Waals surface area contributed by atoms with Crippen molar-refractivity contribution in [3.8, 4) is 0 Å². The molecule has 4 rings (SSSR count). The zero-order valence-corrected chi connectivity index (χ0v) is 14.7. The molecule has 4 nitrogen and oxygen atoms in total. The lowest BCUT2D eigenvalue weighted by Gasteiger charge is -2.13. The molecule has 5 heteroatoms. The van der Waals surface area contributed by atoms with Crippen LogP contribution in [0.1, 0.15) is 11.3 Å². The maximum atomic E-state index is 13.0. The number of nitrogens with zero attached hydrogens (tertiary/aromatic N) is 2. The maximum absolute atomic E-state index is 13.0. The molecule has 0 radical (unpaired) electrons. The minimum absolute atomic E-state index is 0.0649. The van der Waals surface area contributed by atoms with Crippen molar-refractivity contribution in [2.45, 2.75) is 6.54 Å². The molecule has 128 valence electrons. The number of amides is 1. The molecular weight excluding hydrogens is 344 g/mol. The second-order valence-corrected chi connectivity index (χ2v) is 6.73. The van der Waals surface area contributed by atoms with E-state index in [0.29, 0.717) is 16.6 Å². The van der Waals surface area contributed by atoms with Gasteiger partial charge in [0.25, 0.3) is 5.91 Å². The van der Waals surface area contributed by atoms with Crippen LogP contribution in [-0.2, 0) is 11.3 Å². The van der Waals surface area contributed by atoms with Crippen molar-refractivity contribution < 1.29 is 9.21 Å². The third kappa shape index (κ3) is 3.63. The summed E-state index contributed by atoms with van der Waals surface area (Å²) in [7, 11) is 0. The summed E-state index contributed by atoms with van der Waals surface area (Å²) in [4.78, 5) is 19.9. The Balaban J connectivity index is 1.69. The van der Waals surface area contributed by atoms with Crippen LogP contribution in [0.5, 0.6) is 0 Å². The molecule has 1 fully saturated rings. The minimum atomic E-state index is -0.0649. The van der Waals surface area contributed by atoms with Gasteiger partial charge in [-0.25, -0.2) is 4.99 Å². The summed E-state index contributed by atoms with van der Waals surface area (Å²) in [6.07, 6.45) is 3.51. The summed E-state index contributed by atoms with van der Waals surface area (Å²) < 4.78 is 5.42. The van der Waals surface area contributed by atoms with Crippen LogP contribution in [0.4, 0.5) is 5.69 Å². The SMILES string of the molecule is O=C1C(=Cc2ccccc2)SC(=Nc2ccccc2)N1Cc1ccco1. The second kappa shape index (κ2) is 7.45. The number of rotatable bonds is 4. The van der Waals surface area contributed by atoms with Crippen molar-refractivity contribution >= 4 is 34.6 Å². The number of carbonyl (C=O) groups excluding carboxylic acids is 1. The molecule has 1 aliphatic heterocycles. The van der Waals surface area contributed by atoms with Gasteiger partial charge in [-0.05, 0) is 47.7 Å². The summed E-state index contributed by atoms with van der Waals surface area (Å²) in [6, 6.07) is 23.1. The Bertz CT molecular complexity index is 948. The Morgan fingerprint density at radius 3 is 2.38 bits per heavy atom. The summed E-state index contributed by atoms with van der Waals surface area (Å²) in [6.45, 7) is 0.358. The van der Waals surface area contributed by atoms with Crippen LogP contribution >= 0.6 is 11.8 Å². The predicted molar refractivity (Wildman–Crippen MR) is 105 cm³/mol. The Morgan fingerprint density at radius 1 is 0.962 bits per heavy atom. The number of furan rings is 1. The molecule has 0 unspecified atom stereocenters. The highest BCUT2D eigenvalue weighted by molar-refractivity contribution is 8.18. The van der Waals surface area contributed by atoms with E-state index in [0.717, 1.165) is 17.0 Å². The van der Waals surface area contributed by atoms with Crippen LogP contribution in [0.2, 0.25) is 0 Å². The van der Waals surface area contributed by atoms with E-state index in [-0.39, 0.29) is 5.91 Å². The average molecular weight is 360 g/mol. The summed E-state index contributed by atoms with van der Waals surface area (Å²) in [5, 5.41) is 0.653. The lowest BCUT2D eigenvalue weighted by Crippen LogP contribution is -2.28. The first-order chi connectivity index (χ1) is 12.8. The normalized spacial score (nSPS) is 17.4. The molecule has 26 heavy (non-hydrogen) atoms. The van der Waals surface area contributed by atoms with Crippen molar-refractivity contribution in [2.24, 2.45) is 4.99 Å². The Kier molecular flexibility index (Phi) is 4.71. The molecule has 0 atom stereocenters. The smallest absolute Gasteiger partial charge is 0.267 e. The van der Waals surface area contributed by atoms with E-state index in [2.05, 4.69) is 4.99 Å². The third-order valence-electron chi connectivity index (χ3n) is 3.86. The fourth-order valence-corrected chi connectivity index (χ4v) is 3.60. The molecule has 2 heterocycles. The Hall–Kier alpha value is -3.05. The molecule has 1 aliphatic rings. The van der Waals surface area contributed by atoms with E-state index in [9.17, 15) is 4.79 Å². The van der Waals surface area contributed by atoms with Gasteiger partial charge in [-0.1, -0.05) is 48.5 Å². The van der Waals surface area contributed by atoms with Crippen molar-refractivity contribution in [3.63, 3.8) is 0 Å². The molecular formula is C21H16N2O2S. The van der Waals surface area contributed by atoms with Crippen LogP contribution in [0.3, 0.4) is 0 Å². The van der Waals surface area contributed by atoms with Gasteiger partial charge >= 0.3 is 0 Å². The summed E-state index contributed by atoms with van der Waals surface area (Å²) in [5.41, 5.74) is 1.80. The van der Waals surface area contributed by atoms with E-state index in [1.807, 2.05) is 78.9 Å². The number of carbonyl (C=O) groups is 1. The van der Waals surface area contributed by atoms with Crippen LogP contribution in [0.25, 0.3) is 6.08 Å². The number of hydrogen-bond donors (Lipinski definition) is 0. The summed E-state index contributed by atoms with van der Waals surface area (Å²) in [5.74, 6) is 0.658. The van der Waals surface area contributed by atoms with Crippen molar-refractivity contribution in [2.75, 3.05) is 0 Å². The quantitative estimate of drug-likeness (QED) is 0.609. The zero-order chi connectivity index (χ0) is 17.8. The summed E-state index contributed by atoms with van der Waals surface area (Å²) >= 11 is 1.38. The molecule has 0 bridgehead atoms. The topological polar surface area (TPSA) is 45.8 Å². The fourth-order valence-electron chi connectivity index (χ4n) is 2.60. The first-order valence-corrected chi connectivity index (χ1v) is 9.04. The Labute approximate surface area is 155 Å². The third-order valence-corrected chi connectivity index (χ3v) is 4.87. The number of benzene rings is 2. The number of amidine groups is 1. The van der Waals surface area contributed by atoms with E-state index in [1.165, 1.54) is 11.8 Å². The molecule has 2 aromatic carbocycles. The monoisotopic (exact) mass is 360 g/mol. The van der Waals surface area contributed by atoms with Gasteiger partial charge in [0.1, 0.15) is 5.76 Å². The zero-order valence-electron chi connectivity index (χ0n) is 13.9. The largest absolute Gasteiger partial charge is 0.467 e. The van der Waals surface area contributed by atoms with E-state index >= 15 is 0 Å². The minimum Gasteiger partial charge on any atom is -0.467 e. The number of para-hydroxylation sites is 1. The van der Waals surface area contributed by atoms with Crippen molar-refractivity contribution in [3.05, 3.63) is 95.3 Å². The molecule has 1 amide bonds. The van der Waals surface area contributed by atoms with Gasteiger partial charge in [0.05, 0.1) is 23.4 Å². The van der Waals surface area contributed by atoms with Crippen LogP contribution < -0.4 is 0 Å². The maximum Gasteiger partial charge on any atom is 0.267 e. The highest BCUT2D eigenvalue weighted by atomic mass is 32.2. The lowest BCUT2D eigenvalue weighted by molar-refractivity contribution is -0.122. The van der Waals surface area contributed by atoms with Gasteiger partial charge in [0, 0.05) is 0 Å². The first-order valence-electron chi connectivity index (χ1n) is 8.22. The molecule has 1 saturated heterocycles. The Morgan fingerprint density at radius 2 is 1.69 bits per heavy atom. The van der Waals surface area contributed by atoms with Crippen LogP contribution in [-0.4, -0.2) is 16.0 Å². The van der Waals surface area contributed by atoms with E-state index in [1.54, 1.807) is 11.2 Å². The average Bonchev–Trinajstić information content (AvgIpc) is 3.28. The van der Waals surface area contributed by atoms with Gasteiger partial charge in [-0.2, -0.15) is 0 Å². The number of aliphatic imine (C=N–C) groups is 1. The highest BCUT2D eigenvalue weighted by Gasteiger charge is 2.34. The van der Waals surface area contributed by atoms with E-state index in [4.69, 9.17) is 4.42 Å². The first kappa shape index (κ1) is 16.4. The van der Waals surface area contributed by atoms with Crippen molar-refractivity contribution in [1.29, 1.82) is 0 Å². The molecule has 0 aliphatic carbocycles. The van der Waals surface area contributed by atoms with Crippen LogP contribution in [0.15, 0.2) is 93.4 Å². The van der Waals surface area contributed by atoms with Gasteiger partial charge in [-0.15, -0.1) is 0 Å². The van der Waals surface area contributed by atoms with E-state index < -0.39 is 0 Å². The molecule has 0 N–H and O–H groups in total.